The average molecular weight is 470 g/mol. The summed E-state index contributed by atoms with van der Waals surface area (Å²) in [4.78, 5) is 27.7. The summed E-state index contributed by atoms with van der Waals surface area (Å²) in [6, 6.07) is 6.98. The minimum atomic E-state index is -1.04. The lowest BCUT2D eigenvalue weighted by Gasteiger charge is -2.41. The zero-order chi connectivity index (χ0) is 24.2. The van der Waals surface area contributed by atoms with Gasteiger partial charge in [-0.2, -0.15) is 10.4 Å². The Labute approximate surface area is 196 Å². The molecular formula is C23H28FN7O3. The van der Waals surface area contributed by atoms with E-state index in [-0.39, 0.29) is 17.9 Å². The summed E-state index contributed by atoms with van der Waals surface area (Å²) in [5, 5.41) is 27.3. The van der Waals surface area contributed by atoms with Crippen molar-refractivity contribution in [3.05, 3.63) is 41.8 Å². The molecule has 0 aliphatic carbocycles. The maximum atomic E-state index is 13.2. The standard InChI is InChI=1S/C23H28FN7O3/c24-15-3-5-16(6-4-15)27-22-18(21(26)32)14-31(28-22)20-8-12-30(23(33)34)19(17(20)13-25)7-11-29-9-1-2-10-29/h3-6,14,17,19-20H,1-2,7-12H2,(H2,26,32)(H,27,28)(H,33,34)/t17-,19?,20-/m1/s1. The number of nitrogens with one attached hydrogen (secondary N) is 1. The van der Waals surface area contributed by atoms with Crippen molar-refractivity contribution < 1.29 is 19.1 Å². The number of benzene rings is 1. The van der Waals surface area contributed by atoms with Gasteiger partial charge in [0.05, 0.1) is 24.1 Å². The summed E-state index contributed by atoms with van der Waals surface area (Å²) in [5.41, 5.74) is 6.22. The number of likely N-dealkylation sites (tertiary alicyclic amines) is 2. The first-order valence-electron chi connectivity index (χ1n) is 11.4. The lowest BCUT2D eigenvalue weighted by molar-refractivity contribution is 0.0589. The molecule has 2 aromatic rings. The molecule has 3 heterocycles. The Morgan fingerprint density at radius 2 is 1.94 bits per heavy atom. The molecule has 3 atom stereocenters. The molecule has 34 heavy (non-hydrogen) atoms. The third-order valence-corrected chi connectivity index (χ3v) is 6.67. The monoisotopic (exact) mass is 469 g/mol. The van der Waals surface area contributed by atoms with Crippen LogP contribution in [0.3, 0.4) is 0 Å². The van der Waals surface area contributed by atoms with E-state index < -0.39 is 35.8 Å². The van der Waals surface area contributed by atoms with Gasteiger partial charge in [-0.1, -0.05) is 0 Å². The van der Waals surface area contributed by atoms with E-state index in [4.69, 9.17) is 5.73 Å². The number of carboxylic acid groups (broad SMARTS) is 1. The fraction of sp³-hybridized carbons (Fsp3) is 0.478. The molecule has 0 saturated carbocycles. The average Bonchev–Trinajstić information content (AvgIpc) is 3.48. The summed E-state index contributed by atoms with van der Waals surface area (Å²) in [6.45, 7) is 2.96. The Hall–Kier alpha value is -3.65. The molecule has 2 fully saturated rings. The number of hydrogen-bond donors (Lipinski definition) is 3. The maximum absolute atomic E-state index is 13.2. The first kappa shape index (κ1) is 23.5. The highest BCUT2D eigenvalue weighted by atomic mass is 19.1. The highest BCUT2D eigenvalue weighted by molar-refractivity contribution is 5.98. The van der Waals surface area contributed by atoms with Crippen molar-refractivity contribution in [1.29, 1.82) is 5.26 Å². The van der Waals surface area contributed by atoms with Crippen molar-refractivity contribution in [3.63, 3.8) is 0 Å². The zero-order valence-corrected chi connectivity index (χ0v) is 18.7. The van der Waals surface area contributed by atoms with Gasteiger partial charge in [-0.05, 0) is 63.0 Å². The van der Waals surface area contributed by atoms with Crippen LogP contribution in [0.4, 0.5) is 20.7 Å². The number of carbonyl (C=O) groups is 2. The van der Waals surface area contributed by atoms with Gasteiger partial charge in [0.2, 0.25) is 0 Å². The maximum Gasteiger partial charge on any atom is 0.407 e. The number of aromatic nitrogens is 2. The number of rotatable bonds is 7. The van der Waals surface area contributed by atoms with Crippen LogP contribution in [0.1, 0.15) is 42.1 Å². The summed E-state index contributed by atoms with van der Waals surface area (Å²) >= 11 is 0. The normalized spacial score (nSPS) is 22.9. The molecule has 4 N–H and O–H groups in total. The van der Waals surface area contributed by atoms with E-state index >= 15 is 0 Å². The predicted octanol–water partition coefficient (Wildman–Crippen LogP) is 2.78. The Morgan fingerprint density at radius 1 is 1.24 bits per heavy atom. The Kier molecular flexibility index (Phi) is 6.98. The summed E-state index contributed by atoms with van der Waals surface area (Å²) in [6.07, 6.45) is 3.64. The number of nitrogens with zero attached hydrogens (tertiary/aromatic N) is 5. The smallest absolute Gasteiger partial charge is 0.407 e. The van der Waals surface area contributed by atoms with Crippen molar-refractivity contribution in [3.8, 4) is 6.07 Å². The molecule has 10 nitrogen and oxygen atoms in total. The molecule has 1 aromatic carbocycles. The van der Waals surface area contributed by atoms with Crippen LogP contribution >= 0.6 is 0 Å². The molecule has 0 spiro atoms. The summed E-state index contributed by atoms with van der Waals surface area (Å²) in [5.74, 6) is -1.54. The summed E-state index contributed by atoms with van der Waals surface area (Å²) < 4.78 is 14.8. The van der Waals surface area contributed by atoms with E-state index in [9.17, 15) is 24.3 Å². The molecule has 0 bridgehead atoms. The third-order valence-electron chi connectivity index (χ3n) is 6.67. The highest BCUT2D eigenvalue weighted by Gasteiger charge is 2.42. The number of nitrogens with two attached hydrogens (primary N) is 1. The Morgan fingerprint density at radius 3 is 2.56 bits per heavy atom. The molecule has 2 aliphatic rings. The number of hydrogen-bond acceptors (Lipinski definition) is 6. The van der Waals surface area contributed by atoms with E-state index in [1.165, 1.54) is 35.4 Å². The van der Waals surface area contributed by atoms with Crippen molar-refractivity contribution in [2.45, 2.75) is 37.8 Å². The number of piperidine rings is 1. The Balaban J connectivity index is 1.60. The predicted molar refractivity (Wildman–Crippen MR) is 122 cm³/mol. The van der Waals surface area contributed by atoms with E-state index in [0.717, 1.165) is 32.5 Å². The molecule has 1 aromatic heterocycles. The van der Waals surface area contributed by atoms with Crippen LogP contribution in [-0.4, -0.2) is 68.9 Å². The second-order valence-electron chi connectivity index (χ2n) is 8.76. The number of primary amides is 1. The van der Waals surface area contributed by atoms with Gasteiger partial charge in [0.1, 0.15) is 11.4 Å². The van der Waals surface area contributed by atoms with Crippen molar-refractivity contribution in [2.24, 2.45) is 11.7 Å². The molecule has 2 aliphatic heterocycles. The lowest BCUT2D eigenvalue weighted by atomic mass is 9.84. The first-order valence-corrected chi connectivity index (χ1v) is 11.4. The van der Waals surface area contributed by atoms with Crippen LogP contribution in [0.25, 0.3) is 0 Å². The van der Waals surface area contributed by atoms with E-state index in [1.54, 1.807) is 4.68 Å². The van der Waals surface area contributed by atoms with Crippen molar-refractivity contribution >= 4 is 23.5 Å². The zero-order valence-electron chi connectivity index (χ0n) is 18.7. The highest BCUT2D eigenvalue weighted by Crippen LogP contribution is 2.36. The molecule has 1 unspecified atom stereocenters. The van der Waals surface area contributed by atoms with Crippen LogP contribution in [0.15, 0.2) is 30.5 Å². The number of carbonyl (C=O) groups excluding carboxylic acids is 1. The van der Waals surface area contributed by atoms with Crippen molar-refractivity contribution in [1.82, 2.24) is 19.6 Å². The topological polar surface area (TPSA) is 141 Å². The SMILES string of the molecule is N#C[C@@H]1C(CCN2CCCC2)N(C(=O)O)CC[C@H]1n1cc(C(N)=O)c(Nc2ccc(F)cc2)n1. The molecule has 2 saturated heterocycles. The van der Waals surface area contributed by atoms with Crippen LogP contribution in [0, 0.1) is 23.1 Å². The fourth-order valence-corrected chi connectivity index (χ4v) is 4.93. The summed E-state index contributed by atoms with van der Waals surface area (Å²) in [7, 11) is 0. The quantitative estimate of drug-likeness (QED) is 0.566. The van der Waals surface area contributed by atoms with Gasteiger partial charge < -0.3 is 26.0 Å². The minimum absolute atomic E-state index is 0.135. The number of nitriles is 1. The second-order valence-corrected chi connectivity index (χ2v) is 8.76. The van der Waals surface area contributed by atoms with Gasteiger partial charge in [-0.3, -0.25) is 9.48 Å². The minimum Gasteiger partial charge on any atom is -0.465 e. The van der Waals surface area contributed by atoms with E-state index in [2.05, 4.69) is 21.4 Å². The molecule has 0 radical (unpaired) electrons. The van der Waals surface area contributed by atoms with Crippen molar-refractivity contribution in [2.75, 3.05) is 31.5 Å². The molecule has 180 valence electrons. The number of amides is 2. The fourth-order valence-electron chi connectivity index (χ4n) is 4.93. The Bertz CT molecular complexity index is 1080. The molecule has 11 heteroatoms. The van der Waals surface area contributed by atoms with Crippen LogP contribution in [-0.2, 0) is 0 Å². The second kappa shape index (κ2) is 10.1. The van der Waals surface area contributed by atoms with E-state index in [1.807, 2.05) is 0 Å². The van der Waals surface area contributed by atoms with Crippen LogP contribution < -0.4 is 11.1 Å². The van der Waals surface area contributed by atoms with Gasteiger partial charge in [0, 0.05) is 25.0 Å². The van der Waals surface area contributed by atoms with Gasteiger partial charge in [-0.15, -0.1) is 0 Å². The molecular weight excluding hydrogens is 441 g/mol. The lowest BCUT2D eigenvalue weighted by Crippen LogP contribution is -2.52. The van der Waals surface area contributed by atoms with Gasteiger partial charge in [0.15, 0.2) is 5.82 Å². The largest absolute Gasteiger partial charge is 0.465 e. The van der Waals surface area contributed by atoms with Gasteiger partial charge >= 0.3 is 6.09 Å². The number of halogens is 1. The van der Waals surface area contributed by atoms with Crippen LogP contribution in [0.5, 0.6) is 0 Å². The third kappa shape index (κ3) is 4.97. The van der Waals surface area contributed by atoms with E-state index in [0.29, 0.717) is 18.5 Å². The first-order chi connectivity index (χ1) is 16.4. The molecule has 4 rings (SSSR count). The van der Waals surface area contributed by atoms with Gasteiger partial charge in [-0.25, -0.2) is 9.18 Å². The van der Waals surface area contributed by atoms with Gasteiger partial charge in [0.25, 0.3) is 5.91 Å². The van der Waals surface area contributed by atoms with Crippen LogP contribution in [0.2, 0.25) is 0 Å². The molecule has 2 amide bonds. The number of anilines is 2.